The number of methoxy groups -OCH3 is 1. The van der Waals surface area contributed by atoms with E-state index in [9.17, 15) is 9.59 Å². The molecule has 0 spiro atoms. The Balaban J connectivity index is 2.17. The zero-order valence-electron chi connectivity index (χ0n) is 13.6. The fourth-order valence-corrected chi connectivity index (χ4v) is 2.32. The lowest BCUT2D eigenvalue weighted by molar-refractivity contribution is -0.114. The van der Waals surface area contributed by atoms with Gasteiger partial charge in [0.05, 0.1) is 28.5 Å². The van der Waals surface area contributed by atoms with Gasteiger partial charge in [0, 0.05) is 19.1 Å². The number of benzene rings is 2. The zero-order chi connectivity index (χ0) is 18.4. The van der Waals surface area contributed by atoms with Crippen molar-refractivity contribution < 1.29 is 14.3 Å². The number of amides is 2. The molecule has 2 rings (SSSR count). The molecule has 0 aromatic heterocycles. The molecular weight excluding hydrogens is 363 g/mol. The molecule has 25 heavy (non-hydrogen) atoms. The van der Waals surface area contributed by atoms with Crippen molar-refractivity contribution in [2.75, 3.05) is 17.7 Å². The highest BCUT2D eigenvalue weighted by atomic mass is 35.5. The molecule has 2 aromatic rings. The third-order valence-electron chi connectivity index (χ3n) is 3.17. The normalized spacial score (nSPS) is 10.6. The molecular formula is C18H16Cl2N2O3. The van der Waals surface area contributed by atoms with Crippen molar-refractivity contribution in [2.45, 2.75) is 6.92 Å². The molecule has 0 unspecified atom stereocenters. The standard InChI is InChI=1S/C18H16Cl2N2O3/c1-11(23)21-16-7-5-13(25-2)10-17(16)22-18(24)8-4-12-3-6-14(19)15(20)9-12/h3-10H,1-2H3,(H,21,23)(H,22,24)/b8-4+. The molecule has 0 radical (unpaired) electrons. The van der Waals surface area contributed by atoms with E-state index >= 15 is 0 Å². The van der Waals surface area contributed by atoms with E-state index in [4.69, 9.17) is 27.9 Å². The summed E-state index contributed by atoms with van der Waals surface area (Å²) in [6.45, 7) is 1.39. The van der Waals surface area contributed by atoms with Crippen LogP contribution in [-0.4, -0.2) is 18.9 Å². The minimum absolute atomic E-state index is 0.244. The minimum atomic E-state index is -0.370. The van der Waals surface area contributed by atoms with Crippen molar-refractivity contribution in [3.05, 3.63) is 58.1 Å². The molecule has 0 saturated heterocycles. The number of nitrogens with one attached hydrogen (secondary N) is 2. The Kier molecular flexibility index (Phi) is 6.44. The number of anilines is 2. The molecule has 2 amide bonds. The molecule has 2 N–H and O–H groups in total. The summed E-state index contributed by atoms with van der Waals surface area (Å²) in [7, 11) is 1.52. The fourth-order valence-electron chi connectivity index (χ4n) is 2.01. The second-order valence-electron chi connectivity index (χ2n) is 5.09. The summed E-state index contributed by atoms with van der Waals surface area (Å²) in [4.78, 5) is 23.4. The van der Waals surface area contributed by atoms with Gasteiger partial charge in [-0.1, -0.05) is 29.3 Å². The van der Waals surface area contributed by atoms with Gasteiger partial charge in [0.2, 0.25) is 11.8 Å². The van der Waals surface area contributed by atoms with Gasteiger partial charge in [-0.15, -0.1) is 0 Å². The molecule has 0 aliphatic rings. The number of ether oxygens (including phenoxy) is 1. The summed E-state index contributed by atoms with van der Waals surface area (Å²) >= 11 is 11.8. The van der Waals surface area contributed by atoms with E-state index in [1.807, 2.05) is 0 Å². The monoisotopic (exact) mass is 378 g/mol. The van der Waals surface area contributed by atoms with Gasteiger partial charge in [0.1, 0.15) is 5.75 Å². The van der Waals surface area contributed by atoms with Crippen molar-refractivity contribution in [3.63, 3.8) is 0 Å². The predicted octanol–water partition coefficient (Wildman–Crippen LogP) is 4.61. The SMILES string of the molecule is COc1ccc(NC(C)=O)c(NC(=O)/C=C/c2ccc(Cl)c(Cl)c2)c1. The Labute approximate surface area is 155 Å². The molecule has 0 bridgehead atoms. The van der Waals surface area contributed by atoms with E-state index in [2.05, 4.69) is 10.6 Å². The Morgan fingerprint density at radius 2 is 1.76 bits per heavy atom. The fraction of sp³-hybridized carbons (Fsp3) is 0.111. The van der Waals surface area contributed by atoms with Gasteiger partial charge in [0.25, 0.3) is 0 Å². The quantitative estimate of drug-likeness (QED) is 0.746. The summed E-state index contributed by atoms with van der Waals surface area (Å²) in [6.07, 6.45) is 2.96. The van der Waals surface area contributed by atoms with Crippen LogP contribution in [0.3, 0.4) is 0 Å². The number of hydrogen-bond donors (Lipinski definition) is 2. The number of halogens is 2. The lowest BCUT2D eigenvalue weighted by atomic mass is 10.2. The van der Waals surface area contributed by atoms with Gasteiger partial charge in [0.15, 0.2) is 0 Å². The highest BCUT2D eigenvalue weighted by Gasteiger charge is 2.08. The van der Waals surface area contributed by atoms with Crippen LogP contribution in [0.4, 0.5) is 11.4 Å². The first-order valence-electron chi connectivity index (χ1n) is 7.29. The Hall–Kier alpha value is -2.50. The average Bonchev–Trinajstić information content (AvgIpc) is 2.57. The second-order valence-corrected chi connectivity index (χ2v) is 5.90. The van der Waals surface area contributed by atoms with Gasteiger partial charge in [-0.3, -0.25) is 9.59 Å². The molecule has 7 heteroatoms. The Morgan fingerprint density at radius 1 is 1.00 bits per heavy atom. The number of carbonyl (C=O) groups is 2. The first kappa shape index (κ1) is 18.8. The third-order valence-corrected chi connectivity index (χ3v) is 3.91. The smallest absolute Gasteiger partial charge is 0.248 e. The maximum absolute atomic E-state index is 12.2. The molecule has 0 fully saturated rings. The molecule has 5 nitrogen and oxygen atoms in total. The number of rotatable bonds is 5. The average molecular weight is 379 g/mol. The van der Waals surface area contributed by atoms with Crippen molar-refractivity contribution >= 4 is 52.5 Å². The maximum atomic E-state index is 12.2. The van der Waals surface area contributed by atoms with E-state index in [0.29, 0.717) is 27.2 Å². The van der Waals surface area contributed by atoms with Crippen LogP contribution in [0.5, 0.6) is 5.75 Å². The van der Waals surface area contributed by atoms with Crippen LogP contribution in [0.2, 0.25) is 10.0 Å². The van der Waals surface area contributed by atoms with E-state index in [0.717, 1.165) is 5.56 Å². The third kappa shape index (κ3) is 5.52. The predicted molar refractivity (Wildman–Crippen MR) is 101 cm³/mol. The highest BCUT2D eigenvalue weighted by Crippen LogP contribution is 2.27. The largest absolute Gasteiger partial charge is 0.497 e. The molecule has 0 heterocycles. The molecule has 0 aliphatic heterocycles. The summed E-state index contributed by atoms with van der Waals surface area (Å²) in [5, 5.41) is 6.21. The topological polar surface area (TPSA) is 67.4 Å². The van der Waals surface area contributed by atoms with Crippen LogP contribution in [-0.2, 0) is 9.59 Å². The zero-order valence-corrected chi connectivity index (χ0v) is 15.1. The van der Waals surface area contributed by atoms with Crippen LogP contribution >= 0.6 is 23.2 Å². The minimum Gasteiger partial charge on any atom is -0.497 e. The van der Waals surface area contributed by atoms with Crippen LogP contribution < -0.4 is 15.4 Å². The molecule has 0 aliphatic carbocycles. The summed E-state index contributed by atoms with van der Waals surface area (Å²) in [5.74, 6) is -0.0594. The van der Waals surface area contributed by atoms with Gasteiger partial charge >= 0.3 is 0 Å². The van der Waals surface area contributed by atoms with Crippen molar-refractivity contribution in [1.29, 1.82) is 0 Å². The highest BCUT2D eigenvalue weighted by molar-refractivity contribution is 6.42. The van der Waals surface area contributed by atoms with E-state index in [1.165, 1.54) is 20.1 Å². The maximum Gasteiger partial charge on any atom is 0.248 e. The van der Waals surface area contributed by atoms with Gasteiger partial charge in [-0.05, 0) is 35.9 Å². The summed E-state index contributed by atoms with van der Waals surface area (Å²) < 4.78 is 5.14. The van der Waals surface area contributed by atoms with Crippen LogP contribution in [0.25, 0.3) is 6.08 Å². The van der Waals surface area contributed by atoms with E-state index < -0.39 is 0 Å². The Bertz CT molecular complexity index is 835. The van der Waals surface area contributed by atoms with Crippen LogP contribution in [0, 0.1) is 0 Å². The summed E-state index contributed by atoms with van der Waals surface area (Å²) in [5.41, 5.74) is 1.64. The molecule has 0 atom stereocenters. The first-order chi connectivity index (χ1) is 11.9. The molecule has 0 saturated carbocycles. The Morgan fingerprint density at radius 3 is 2.40 bits per heavy atom. The van der Waals surface area contributed by atoms with Crippen molar-refractivity contribution in [2.24, 2.45) is 0 Å². The van der Waals surface area contributed by atoms with Crippen molar-refractivity contribution in [3.8, 4) is 5.75 Å². The number of hydrogen-bond acceptors (Lipinski definition) is 3. The lowest BCUT2D eigenvalue weighted by Crippen LogP contribution is -2.13. The van der Waals surface area contributed by atoms with Gasteiger partial charge in [-0.2, -0.15) is 0 Å². The van der Waals surface area contributed by atoms with Crippen LogP contribution in [0.1, 0.15) is 12.5 Å². The van der Waals surface area contributed by atoms with E-state index in [-0.39, 0.29) is 11.8 Å². The van der Waals surface area contributed by atoms with Gasteiger partial charge < -0.3 is 15.4 Å². The second kappa shape index (κ2) is 8.55. The first-order valence-corrected chi connectivity index (χ1v) is 8.04. The van der Waals surface area contributed by atoms with Crippen LogP contribution in [0.15, 0.2) is 42.5 Å². The molecule has 2 aromatic carbocycles. The lowest BCUT2D eigenvalue weighted by Gasteiger charge is -2.12. The van der Waals surface area contributed by atoms with Gasteiger partial charge in [-0.25, -0.2) is 0 Å². The molecule has 130 valence electrons. The van der Waals surface area contributed by atoms with Crippen molar-refractivity contribution in [1.82, 2.24) is 0 Å². The number of carbonyl (C=O) groups excluding carboxylic acids is 2. The summed E-state index contributed by atoms with van der Waals surface area (Å²) in [6, 6.07) is 10.0. The van der Waals surface area contributed by atoms with E-state index in [1.54, 1.807) is 42.5 Å².